The fraction of sp³-hybridized carbons (Fsp3) is 0.300. The fourth-order valence-electron chi connectivity index (χ4n) is 1.95. The van der Waals surface area contributed by atoms with E-state index in [9.17, 15) is 9.59 Å². The number of fused-ring (bicyclic) bond motifs is 1. The maximum absolute atomic E-state index is 11.4. The number of nitrogens with zero attached hydrogens (tertiary/aromatic N) is 4. The summed E-state index contributed by atoms with van der Waals surface area (Å²) in [6.45, 7) is 0.139. The van der Waals surface area contributed by atoms with Crippen LogP contribution in [0.25, 0.3) is 11.2 Å². The Morgan fingerprint density at radius 3 is 2.68 bits per heavy atom. The highest BCUT2D eigenvalue weighted by Gasteiger charge is 2.26. The van der Waals surface area contributed by atoms with Crippen molar-refractivity contribution in [3.05, 3.63) is 6.33 Å². The molecule has 0 aliphatic carbocycles. The van der Waals surface area contributed by atoms with Crippen molar-refractivity contribution >= 4 is 34.7 Å². The van der Waals surface area contributed by atoms with E-state index in [1.54, 1.807) is 11.9 Å². The Bertz CT molecular complexity index is 649. The molecule has 0 bridgehead atoms. The molecule has 9 heteroatoms. The lowest BCUT2D eigenvalue weighted by Gasteiger charge is -2.26. The number of aromatic amines is 1. The summed E-state index contributed by atoms with van der Waals surface area (Å²) < 4.78 is 0. The molecule has 0 unspecified atom stereocenters. The molecule has 1 aliphatic rings. The summed E-state index contributed by atoms with van der Waals surface area (Å²) in [4.78, 5) is 39.9. The number of aromatic nitrogens is 4. The number of imidazole rings is 1. The average Bonchev–Trinajstić information content (AvgIpc) is 2.84. The zero-order chi connectivity index (χ0) is 13.4. The van der Waals surface area contributed by atoms with E-state index >= 15 is 0 Å². The summed E-state index contributed by atoms with van der Waals surface area (Å²) in [5.41, 5.74) is 1.08. The second-order valence-electron chi connectivity index (χ2n) is 4.05. The number of imide groups is 1. The molecule has 0 aromatic carbocycles. The molecule has 1 aliphatic heterocycles. The smallest absolute Gasteiger partial charge is 0.246 e. The molecule has 3 rings (SSSR count). The molecule has 2 amide bonds. The van der Waals surface area contributed by atoms with E-state index < -0.39 is 0 Å². The third-order valence-corrected chi connectivity index (χ3v) is 2.74. The SMILES string of the molecule is CNc1nc(N2CC(=O)NC(=O)C2)c2[nH]cnc2n1. The highest BCUT2D eigenvalue weighted by molar-refractivity contribution is 6.03. The van der Waals surface area contributed by atoms with Crippen LogP contribution in [0.4, 0.5) is 11.8 Å². The van der Waals surface area contributed by atoms with Crippen LogP contribution in [0.3, 0.4) is 0 Å². The van der Waals surface area contributed by atoms with Crippen LogP contribution in [0.1, 0.15) is 0 Å². The van der Waals surface area contributed by atoms with Crippen LogP contribution >= 0.6 is 0 Å². The van der Waals surface area contributed by atoms with Gasteiger partial charge >= 0.3 is 0 Å². The van der Waals surface area contributed by atoms with E-state index in [4.69, 9.17) is 0 Å². The topological polar surface area (TPSA) is 116 Å². The number of hydrogen-bond acceptors (Lipinski definition) is 7. The highest BCUT2D eigenvalue weighted by Crippen LogP contribution is 2.22. The van der Waals surface area contributed by atoms with E-state index in [1.807, 2.05) is 0 Å². The first-order valence-corrected chi connectivity index (χ1v) is 5.64. The summed E-state index contributed by atoms with van der Waals surface area (Å²) >= 11 is 0. The highest BCUT2D eigenvalue weighted by atomic mass is 16.2. The molecule has 98 valence electrons. The number of carbonyl (C=O) groups excluding carboxylic acids is 2. The number of H-pyrrole nitrogens is 1. The van der Waals surface area contributed by atoms with Gasteiger partial charge in [0.05, 0.1) is 19.4 Å². The molecule has 1 fully saturated rings. The molecule has 1 saturated heterocycles. The van der Waals surface area contributed by atoms with Crippen molar-refractivity contribution in [2.45, 2.75) is 0 Å². The Hall–Kier alpha value is -2.71. The zero-order valence-electron chi connectivity index (χ0n) is 10.1. The van der Waals surface area contributed by atoms with Crippen molar-refractivity contribution in [3.63, 3.8) is 0 Å². The van der Waals surface area contributed by atoms with Gasteiger partial charge in [-0.3, -0.25) is 14.9 Å². The quantitative estimate of drug-likeness (QED) is 0.585. The second kappa shape index (κ2) is 4.19. The monoisotopic (exact) mass is 261 g/mol. The number of hydrogen-bond donors (Lipinski definition) is 3. The maximum atomic E-state index is 11.4. The number of nitrogens with one attached hydrogen (secondary N) is 3. The number of piperazine rings is 1. The van der Waals surface area contributed by atoms with E-state index in [0.717, 1.165) is 0 Å². The van der Waals surface area contributed by atoms with Gasteiger partial charge in [0.25, 0.3) is 0 Å². The van der Waals surface area contributed by atoms with Gasteiger partial charge in [-0.15, -0.1) is 0 Å². The van der Waals surface area contributed by atoms with E-state index in [0.29, 0.717) is 22.9 Å². The van der Waals surface area contributed by atoms with Crippen molar-refractivity contribution in [2.75, 3.05) is 30.4 Å². The number of rotatable bonds is 2. The minimum absolute atomic E-state index is 0.0695. The Morgan fingerprint density at radius 1 is 1.26 bits per heavy atom. The summed E-state index contributed by atoms with van der Waals surface area (Å²) in [5.74, 6) is 0.158. The van der Waals surface area contributed by atoms with Gasteiger partial charge in [0.1, 0.15) is 5.52 Å². The molecule has 2 aromatic rings. The third-order valence-electron chi connectivity index (χ3n) is 2.74. The molecule has 9 nitrogen and oxygen atoms in total. The first-order valence-electron chi connectivity index (χ1n) is 5.64. The molecule has 0 atom stereocenters. The lowest BCUT2D eigenvalue weighted by atomic mass is 10.3. The van der Waals surface area contributed by atoms with Crippen molar-refractivity contribution in [3.8, 4) is 0 Å². The number of carbonyl (C=O) groups is 2. The predicted molar refractivity (Wildman–Crippen MR) is 66.6 cm³/mol. The first kappa shape index (κ1) is 11.4. The summed E-state index contributed by atoms with van der Waals surface area (Å²) in [6.07, 6.45) is 1.49. The van der Waals surface area contributed by atoms with Gasteiger partial charge in [0.2, 0.25) is 17.8 Å². The minimum Gasteiger partial charge on any atom is -0.357 e. The van der Waals surface area contributed by atoms with Crippen LogP contribution in [-0.2, 0) is 9.59 Å². The largest absolute Gasteiger partial charge is 0.357 e. The van der Waals surface area contributed by atoms with E-state index in [1.165, 1.54) is 6.33 Å². The van der Waals surface area contributed by atoms with Gasteiger partial charge in [0, 0.05) is 7.05 Å². The van der Waals surface area contributed by atoms with Crippen LogP contribution in [0.15, 0.2) is 6.33 Å². The second-order valence-corrected chi connectivity index (χ2v) is 4.05. The van der Waals surface area contributed by atoms with Gasteiger partial charge in [-0.25, -0.2) is 4.98 Å². The van der Waals surface area contributed by atoms with Gasteiger partial charge < -0.3 is 15.2 Å². The lowest BCUT2D eigenvalue weighted by Crippen LogP contribution is -2.51. The van der Waals surface area contributed by atoms with E-state index in [2.05, 4.69) is 30.6 Å². The van der Waals surface area contributed by atoms with Gasteiger partial charge in [-0.1, -0.05) is 0 Å². The Morgan fingerprint density at radius 2 is 2.00 bits per heavy atom. The van der Waals surface area contributed by atoms with Crippen molar-refractivity contribution in [2.24, 2.45) is 0 Å². The van der Waals surface area contributed by atoms with Gasteiger partial charge in [-0.2, -0.15) is 9.97 Å². The van der Waals surface area contributed by atoms with Crippen LogP contribution in [0, 0.1) is 0 Å². The van der Waals surface area contributed by atoms with Gasteiger partial charge in [0.15, 0.2) is 11.5 Å². The number of amides is 2. The maximum Gasteiger partial charge on any atom is 0.246 e. The molecule has 3 heterocycles. The number of anilines is 2. The fourth-order valence-corrected chi connectivity index (χ4v) is 1.95. The molecule has 19 heavy (non-hydrogen) atoms. The van der Waals surface area contributed by atoms with Crippen LogP contribution in [0.5, 0.6) is 0 Å². The molecule has 2 aromatic heterocycles. The third kappa shape index (κ3) is 1.94. The molecular formula is C10H11N7O2. The van der Waals surface area contributed by atoms with Crippen molar-refractivity contribution < 1.29 is 9.59 Å². The molecule has 3 N–H and O–H groups in total. The average molecular weight is 261 g/mol. The zero-order valence-corrected chi connectivity index (χ0v) is 10.1. The standard InChI is InChI=1S/C10H11N7O2/c1-11-10-15-8-7(12-4-13-8)9(16-10)17-2-5(18)14-6(19)3-17/h4H,2-3H2,1H3,(H,14,18,19)(H2,11,12,13,15,16). The summed E-state index contributed by atoms with van der Waals surface area (Å²) in [7, 11) is 1.69. The lowest BCUT2D eigenvalue weighted by molar-refractivity contribution is -0.130. The molecule has 0 spiro atoms. The molecule has 0 radical (unpaired) electrons. The van der Waals surface area contributed by atoms with Gasteiger partial charge in [-0.05, 0) is 0 Å². The predicted octanol–water partition coefficient (Wildman–Crippen LogP) is -1.14. The molecule has 0 saturated carbocycles. The summed E-state index contributed by atoms with van der Waals surface area (Å²) in [6, 6.07) is 0. The minimum atomic E-state index is -0.353. The van der Waals surface area contributed by atoms with Crippen LogP contribution in [0.2, 0.25) is 0 Å². The first-order chi connectivity index (χ1) is 9.17. The van der Waals surface area contributed by atoms with Crippen molar-refractivity contribution in [1.82, 2.24) is 25.3 Å². The Balaban J connectivity index is 2.10. The Labute approximate surface area is 107 Å². The Kier molecular flexibility index (Phi) is 2.51. The molecular weight excluding hydrogens is 250 g/mol. The summed E-state index contributed by atoms with van der Waals surface area (Å²) in [5, 5.41) is 5.07. The normalized spacial score (nSPS) is 15.7. The van der Waals surface area contributed by atoms with E-state index in [-0.39, 0.29) is 24.9 Å². The van der Waals surface area contributed by atoms with Crippen molar-refractivity contribution in [1.29, 1.82) is 0 Å². The van der Waals surface area contributed by atoms with Crippen LogP contribution < -0.4 is 15.5 Å². The van der Waals surface area contributed by atoms with Crippen LogP contribution in [-0.4, -0.2) is 51.9 Å².